The van der Waals surface area contributed by atoms with Crippen LogP contribution in [0.3, 0.4) is 0 Å². The molecule has 0 radical (unpaired) electrons. The summed E-state index contributed by atoms with van der Waals surface area (Å²) in [5.74, 6) is 0.854. The Kier molecular flexibility index (Phi) is 7.80. The van der Waals surface area contributed by atoms with Gasteiger partial charge < -0.3 is 14.8 Å². The van der Waals surface area contributed by atoms with Crippen molar-refractivity contribution in [3.05, 3.63) is 83.4 Å². The molecule has 0 spiro atoms. The van der Waals surface area contributed by atoms with E-state index in [0.29, 0.717) is 6.42 Å². The number of rotatable bonds is 9. The number of ether oxygens (including phenoxy) is 1. The summed E-state index contributed by atoms with van der Waals surface area (Å²) >= 11 is 1.51. The summed E-state index contributed by atoms with van der Waals surface area (Å²) in [6, 6.07) is 22.3. The Balaban J connectivity index is 1.45. The van der Waals surface area contributed by atoms with Crippen molar-refractivity contribution < 1.29 is 9.53 Å². The third-order valence-corrected chi connectivity index (χ3v) is 5.59. The highest BCUT2D eigenvalue weighted by atomic mass is 32.2. The Bertz CT molecular complexity index is 969. The number of carbonyl (C=O) groups is 1. The van der Waals surface area contributed by atoms with Crippen LogP contribution in [0.25, 0.3) is 0 Å². The van der Waals surface area contributed by atoms with Gasteiger partial charge >= 0.3 is 0 Å². The molecule has 0 aromatic heterocycles. The van der Waals surface area contributed by atoms with E-state index in [0.717, 1.165) is 34.9 Å². The number of benzene rings is 3. The summed E-state index contributed by atoms with van der Waals surface area (Å²) in [6.45, 7) is 4.13. The van der Waals surface area contributed by atoms with Gasteiger partial charge in [0.1, 0.15) is 5.75 Å². The number of methoxy groups -OCH3 is 1. The quantitative estimate of drug-likeness (QED) is 0.394. The van der Waals surface area contributed by atoms with E-state index in [1.54, 1.807) is 7.11 Å². The van der Waals surface area contributed by atoms with E-state index >= 15 is 0 Å². The van der Waals surface area contributed by atoms with Gasteiger partial charge in [-0.2, -0.15) is 0 Å². The fourth-order valence-corrected chi connectivity index (χ4v) is 3.71. The van der Waals surface area contributed by atoms with Crippen LogP contribution in [0.4, 0.5) is 11.4 Å². The predicted molar refractivity (Wildman–Crippen MR) is 126 cm³/mol. The largest absolute Gasteiger partial charge is 0.495 e. The predicted octanol–water partition coefficient (Wildman–Crippen LogP) is 6.39. The normalized spacial score (nSPS) is 10.5. The number of hydrogen-bond acceptors (Lipinski definition) is 4. The highest BCUT2D eigenvalue weighted by molar-refractivity contribution is 8.00. The van der Waals surface area contributed by atoms with Crippen LogP contribution in [0.1, 0.15) is 29.5 Å². The maximum atomic E-state index is 12.2. The lowest BCUT2D eigenvalue weighted by Crippen LogP contribution is -2.11. The van der Waals surface area contributed by atoms with Gasteiger partial charge in [-0.25, -0.2) is 0 Å². The SMILES string of the molecule is COc1ccc(C)cc1NSc1ccc(NC(=O)CCCc2ccc(C)cc2)cc1. The topological polar surface area (TPSA) is 50.4 Å². The van der Waals surface area contributed by atoms with Gasteiger partial charge in [-0.15, -0.1) is 0 Å². The Hall–Kier alpha value is -2.92. The van der Waals surface area contributed by atoms with Gasteiger partial charge in [-0.3, -0.25) is 4.79 Å². The van der Waals surface area contributed by atoms with Gasteiger partial charge in [-0.05, 0) is 86.2 Å². The van der Waals surface area contributed by atoms with Crippen LogP contribution in [0.2, 0.25) is 0 Å². The molecule has 2 N–H and O–H groups in total. The highest BCUT2D eigenvalue weighted by Crippen LogP contribution is 2.30. The van der Waals surface area contributed by atoms with E-state index in [1.165, 1.54) is 28.6 Å². The first-order valence-electron chi connectivity index (χ1n) is 10.1. The molecule has 3 rings (SSSR count). The smallest absolute Gasteiger partial charge is 0.224 e. The van der Waals surface area contributed by atoms with Crippen molar-refractivity contribution in [2.45, 2.75) is 38.0 Å². The summed E-state index contributed by atoms with van der Waals surface area (Å²) in [6.07, 6.45) is 2.27. The maximum Gasteiger partial charge on any atom is 0.224 e. The lowest BCUT2D eigenvalue weighted by molar-refractivity contribution is -0.116. The maximum absolute atomic E-state index is 12.2. The molecule has 0 fully saturated rings. The summed E-state index contributed by atoms with van der Waals surface area (Å²) < 4.78 is 8.73. The zero-order valence-electron chi connectivity index (χ0n) is 17.7. The fourth-order valence-electron chi connectivity index (χ4n) is 3.05. The van der Waals surface area contributed by atoms with E-state index in [4.69, 9.17) is 4.74 Å². The first kappa shape index (κ1) is 21.8. The zero-order chi connectivity index (χ0) is 21.3. The lowest BCUT2D eigenvalue weighted by Gasteiger charge is -2.11. The third-order valence-electron chi connectivity index (χ3n) is 4.76. The molecule has 0 atom stereocenters. The van der Waals surface area contributed by atoms with Crippen molar-refractivity contribution in [1.29, 1.82) is 0 Å². The Morgan fingerprint density at radius 2 is 1.63 bits per heavy atom. The monoisotopic (exact) mass is 420 g/mol. The van der Waals surface area contributed by atoms with Crippen molar-refractivity contribution in [3.63, 3.8) is 0 Å². The number of anilines is 2. The Morgan fingerprint density at radius 1 is 0.933 bits per heavy atom. The Morgan fingerprint density at radius 3 is 2.33 bits per heavy atom. The molecule has 5 heteroatoms. The van der Waals surface area contributed by atoms with Crippen molar-refractivity contribution in [2.75, 3.05) is 17.1 Å². The summed E-state index contributed by atoms with van der Waals surface area (Å²) in [5.41, 5.74) is 5.44. The molecule has 0 saturated heterocycles. The summed E-state index contributed by atoms with van der Waals surface area (Å²) in [4.78, 5) is 13.3. The highest BCUT2D eigenvalue weighted by Gasteiger charge is 2.06. The van der Waals surface area contributed by atoms with Crippen LogP contribution < -0.4 is 14.8 Å². The number of carbonyl (C=O) groups excluding carboxylic acids is 1. The molecule has 30 heavy (non-hydrogen) atoms. The van der Waals surface area contributed by atoms with Gasteiger partial charge in [0.2, 0.25) is 5.91 Å². The van der Waals surface area contributed by atoms with Gasteiger partial charge in [0.15, 0.2) is 0 Å². The van der Waals surface area contributed by atoms with Gasteiger partial charge in [0, 0.05) is 17.0 Å². The molecule has 0 bridgehead atoms. The van der Waals surface area contributed by atoms with Crippen molar-refractivity contribution in [3.8, 4) is 5.75 Å². The van der Waals surface area contributed by atoms with Gasteiger partial charge in [0.05, 0.1) is 12.8 Å². The number of amides is 1. The minimum Gasteiger partial charge on any atom is -0.495 e. The van der Waals surface area contributed by atoms with Gasteiger partial charge in [0.25, 0.3) is 0 Å². The van der Waals surface area contributed by atoms with Gasteiger partial charge in [-0.1, -0.05) is 35.9 Å². The molecule has 1 amide bonds. The molecule has 156 valence electrons. The molecule has 0 aliphatic heterocycles. The minimum absolute atomic E-state index is 0.0464. The van der Waals surface area contributed by atoms with Crippen LogP contribution in [-0.4, -0.2) is 13.0 Å². The Labute approximate surface area is 183 Å². The van der Waals surface area contributed by atoms with E-state index in [1.807, 2.05) is 43.3 Å². The second kappa shape index (κ2) is 10.7. The number of aryl methyl sites for hydroxylation is 3. The summed E-state index contributed by atoms with van der Waals surface area (Å²) in [5, 5.41) is 2.98. The molecule has 3 aromatic carbocycles. The first-order valence-corrected chi connectivity index (χ1v) is 10.9. The minimum atomic E-state index is 0.0464. The average molecular weight is 421 g/mol. The van der Waals surface area contributed by atoms with Crippen LogP contribution in [0.15, 0.2) is 71.6 Å². The standard InChI is InChI=1S/C25H28N2O2S/c1-18-7-10-20(11-8-18)5-4-6-25(28)26-21-12-14-22(15-13-21)30-27-23-17-19(2)9-16-24(23)29-3/h7-17,27H,4-6H2,1-3H3,(H,26,28). The molecule has 0 aliphatic rings. The molecule has 3 aromatic rings. The van der Waals surface area contributed by atoms with Crippen LogP contribution in [0.5, 0.6) is 5.75 Å². The van der Waals surface area contributed by atoms with E-state index in [2.05, 4.69) is 47.3 Å². The van der Waals surface area contributed by atoms with Crippen molar-refractivity contribution >= 4 is 29.2 Å². The molecular formula is C25H28N2O2S. The van der Waals surface area contributed by atoms with Crippen molar-refractivity contribution in [2.24, 2.45) is 0 Å². The fraction of sp³-hybridized carbons (Fsp3) is 0.240. The van der Waals surface area contributed by atoms with Crippen LogP contribution in [0, 0.1) is 13.8 Å². The number of nitrogens with one attached hydrogen (secondary N) is 2. The molecule has 0 heterocycles. The third kappa shape index (κ3) is 6.56. The average Bonchev–Trinajstić information content (AvgIpc) is 2.75. The molecule has 0 aliphatic carbocycles. The summed E-state index contributed by atoms with van der Waals surface area (Å²) in [7, 11) is 1.67. The first-order chi connectivity index (χ1) is 14.5. The molecular weight excluding hydrogens is 392 g/mol. The van der Waals surface area contributed by atoms with Crippen LogP contribution in [-0.2, 0) is 11.2 Å². The number of hydrogen-bond donors (Lipinski definition) is 2. The second-order valence-electron chi connectivity index (χ2n) is 7.32. The van der Waals surface area contributed by atoms with E-state index in [-0.39, 0.29) is 5.91 Å². The van der Waals surface area contributed by atoms with E-state index in [9.17, 15) is 4.79 Å². The molecule has 4 nitrogen and oxygen atoms in total. The van der Waals surface area contributed by atoms with E-state index < -0.39 is 0 Å². The molecule has 0 unspecified atom stereocenters. The lowest BCUT2D eigenvalue weighted by atomic mass is 10.1. The van der Waals surface area contributed by atoms with Crippen molar-refractivity contribution in [1.82, 2.24) is 0 Å². The van der Waals surface area contributed by atoms with Crippen LogP contribution >= 0.6 is 11.9 Å². The second-order valence-corrected chi connectivity index (χ2v) is 8.20. The zero-order valence-corrected chi connectivity index (χ0v) is 18.5. The molecule has 0 saturated carbocycles.